The van der Waals surface area contributed by atoms with Crippen molar-refractivity contribution >= 4 is 17.6 Å². The van der Waals surface area contributed by atoms with E-state index >= 15 is 0 Å². The Kier molecular flexibility index (Phi) is 7.16. The molecule has 1 fully saturated rings. The van der Waals surface area contributed by atoms with Crippen LogP contribution in [0.15, 0.2) is 54.6 Å². The minimum absolute atomic E-state index is 0.0218. The normalized spacial score (nSPS) is 23.7. The first kappa shape index (κ1) is 22.3. The zero-order valence-corrected chi connectivity index (χ0v) is 17.9. The van der Waals surface area contributed by atoms with Gasteiger partial charge in [-0.25, -0.2) is 9.18 Å². The van der Waals surface area contributed by atoms with Gasteiger partial charge in [-0.2, -0.15) is 0 Å². The molecule has 0 unspecified atom stereocenters. The summed E-state index contributed by atoms with van der Waals surface area (Å²) in [4.78, 5) is 11.0. The van der Waals surface area contributed by atoms with E-state index in [-0.39, 0.29) is 28.7 Å². The SMILES string of the molecule is C=C(C)[C@H]1C[C@H](c2ccccc2)[C@H](CC)O[C@@H]1c1cc(F)cc(Cl)c1OCC(=O)O. The lowest BCUT2D eigenvalue weighted by atomic mass is 9.75. The fourth-order valence-electron chi connectivity index (χ4n) is 4.19. The summed E-state index contributed by atoms with van der Waals surface area (Å²) in [5.41, 5.74) is 2.51. The van der Waals surface area contributed by atoms with Gasteiger partial charge in [-0.15, -0.1) is 0 Å². The predicted molar refractivity (Wildman–Crippen MR) is 115 cm³/mol. The molecule has 1 saturated heterocycles. The van der Waals surface area contributed by atoms with Crippen LogP contribution in [0.1, 0.15) is 49.8 Å². The van der Waals surface area contributed by atoms with Crippen LogP contribution in [0.4, 0.5) is 4.39 Å². The van der Waals surface area contributed by atoms with Crippen LogP contribution in [0.3, 0.4) is 0 Å². The molecule has 0 aliphatic carbocycles. The molecule has 1 aliphatic rings. The molecule has 2 aromatic carbocycles. The Bertz CT molecular complexity index is 915. The molecule has 4 nitrogen and oxygen atoms in total. The van der Waals surface area contributed by atoms with Crippen molar-refractivity contribution in [1.29, 1.82) is 0 Å². The molecule has 3 rings (SSSR count). The molecule has 2 aromatic rings. The molecule has 0 amide bonds. The van der Waals surface area contributed by atoms with Gasteiger partial charge in [0.15, 0.2) is 6.61 Å². The summed E-state index contributed by atoms with van der Waals surface area (Å²) in [5, 5.41) is 9.04. The third kappa shape index (κ3) is 4.85. The van der Waals surface area contributed by atoms with E-state index in [0.717, 1.165) is 24.5 Å². The molecule has 0 aromatic heterocycles. The van der Waals surface area contributed by atoms with Crippen LogP contribution in [0, 0.1) is 11.7 Å². The van der Waals surface area contributed by atoms with Crippen LogP contribution in [0.2, 0.25) is 5.02 Å². The van der Waals surface area contributed by atoms with E-state index in [4.69, 9.17) is 26.2 Å². The van der Waals surface area contributed by atoms with Gasteiger partial charge in [0, 0.05) is 17.4 Å². The fraction of sp³-hybridized carbons (Fsp3) is 0.375. The highest BCUT2D eigenvalue weighted by Gasteiger charge is 2.40. The average Bonchev–Trinajstić information content (AvgIpc) is 2.72. The zero-order chi connectivity index (χ0) is 21.8. The molecule has 1 N–H and O–H groups in total. The van der Waals surface area contributed by atoms with E-state index in [1.54, 1.807) is 0 Å². The summed E-state index contributed by atoms with van der Waals surface area (Å²) in [7, 11) is 0. The summed E-state index contributed by atoms with van der Waals surface area (Å²) in [6.45, 7) is 7.54. The number of rotatable bonds is 7. The van der Waals surface area contributed by atoms with Gasteiger partial charge >= 0.3 is 5.97 Å². The smallest absolute Gasteiger partial charge is 0.341 e. The summed E-state index contributed by atoms with van der Waals surface area (Å²) in [5.74, 6) is -1.47. The highest BCUT2D eigenvalue weighted by molar-refractivity contribution is 6.32. The minimum Gasteiger partial charge on any atom is -0.480 e. The van der Waals surface area contributed by atoms with Gasteiger partial charge in [-0.05, 0) is 37.5 Å². The number of carboxylic acids is 1. The summed E-state index contributed by atoms with van der Waals surface area (Å²) < 4.78 is 26.2. The van der Waals surface area contributed by atoms with Crippen molar-refractivity contribution in [2.75, 3.05) is 6.61 Å². The van der Waals surface area contributed by atoms with Gasteiger partial charge in [-0.3, -0.25) is 0 Å². The lowest BCUT2D eigenvalue weighted by Crippen LogP contribution is -2.36. The second kappa shape index (κ2) is 9.63. The van der Waals surface area contributed by atoms with Gasteiger partial charge in [0.05, 0.1) is 17.2 Å². The van der Waals surface area contributed by atoms with Crippen LogP contribution >= 0.6 is 11.6 Å². The third-order valence-electron chi connectivity index (χ3n) is 5.59. The molecule has 1 aliphatic heterocycles. The van der Waals surface area contributed by atoms with Gasteiger partial charge in [0.2, 0.25) is 0 Å². The fourth-order valence-corrected chi connectivity index (χ4v) is 4.45. The molecule has 0 bridgehead atoms. The number of hydrogen-bond donors (Lipinski definition) is 1. The molecule has 30 heavy (non-hydrogen) atoms. The first-order chi connectivity index (χ1) is 14.3. The third-order valence-corrected chi connectivity index (χ3v) is 5.87. The molecule has 0 spiro atoms. The molecular weight excluding hydrogens is 407 g/mol. The number of halogens is 2. The highest BCUT2D eigenvalue weighted by atomic mass is 35.5. The Balaban J connectivity index is 2.02. The molecule has 6 heteroatoms. The van der Waals surface area contributed by atoms with E-state index in [0.29, 0.717) is 5.56 Å². The second-order valence-electron chi connectivity index (χ2n) is 7.70. The molecule has 4 atom stereocenters. The molecule has 160 valence electrons. The summed E-state index contributed by atoms with van der Waals surface area (Å²) in [6, 6.07) is 12.6. The monoisotopic (exact) mass is 432 g/mol. The number of carbonyl (C=O) groups is 1. The standard InChI is InChI=1S/C24H26ClFO4/c1-4-21-18(15-8-6-5-7-9-15)12-17(14(2)3)23(30-21)19-10-16(26)11-20(25)24(19)29-13-22(27)28/h5-11,17-18,21,23H,2,4,12-13H2,1,3H3,(H,27,28)/t17-,18-,21+,23+/m1/s1. The Morgan fingerprint density at radius 1 is 1.33 bits per heavy atom. The van der Waals surface area contributed by atoms with E-state index < -0.39 is 24.5 Å². The Morgan fingerprint density at radius 3 is 2.63 bits per heavy atom. The molecule has 0 saturated carbocycles. The van der Waals surface area contributed by atoms with E-state index in [1.165, 1.54) is 11.6 Å². The number of benzene rings is 2. The number of hydrogen-bond acceptors (Lipinski definition) is 3. The average molecular weight is 433 g/mol. The Hall–Kier alpha value is -2.37. The maximum atomic E-state index is 14.3. The summed E-state index contributed by atoms with van der Waals surface area (Å²) in [6.07, 6.45) is 0.911. The first-order valence-electron chi connectivity index (χ1n) is 10.0. The van der Waals surface area contributed by atoms with Gasteiger partial charge in [0.25, 0.3) is 0 Å². The van der Waals surface area contributed by atoms with Gasteiger partial charge < -0.3 is 14.6 Å². The van der Waals surface area contributed by atoms with Gasteiger partial charge in [-0.1, -0.05) is 61.0 Å². The first-order valence-corrected chi connectivity index (χ1v) is 10.4. The topological polar surface area (TPSA) is 55.8 Å². The zero-order valence-electron chi connectivity index (χ0n) is 17.1. The maximum Gasteiger partial charge on any atom is 0.341 e. The minimum atomic E-state index is -1.14. The van der Waals surface area contributed by atoms with E-state index in [9.17, 15) is 9.18 Å². The second-order valence-corrected chi connectivity index (χ2v) is 8.10. The van der Waals surface area contributed by atoms with Crippen LogP contribution in [0.25, 0.3) is 0 Å². The summed E-state index contributed by atoms with van der Waals surface area (Å²) >= 11 is 6.22. The van der Waals surface area contributed by atoms with E-state index in [2.05, 4.69) is 25.6 Å². The van der Waals surface area contributed by atoms with Crippen LogP contribution in [-0.2, 0) is 9.53 Å². The predicted octanol–water partition coefficient (Wildman–Crippen LogP) is 6.16. The highest BCUT2D eigenvalue weighted by Crippen LogP contribution is 2.49. The van der Waals surface area contributed by atoms with Crippen LogP contribution < -0.4 is 4.74 Å². The maximum absolute atomic E-state index is 14.3. The van der Waals surface area contributed by atoms with Crippen molar-refractivity contribution < 1.29 is 23.8 Å². The Labute approximate surface area is 181 Å². The van der Waals surface area contributed by atoms with Crippen molar-refractivity contribution in [3.63, 3.8) is 0 Å². The number of ether oxygens (including phenoxy) is 2. The van der Waals surface area contributed by atoms with Crippen molar-refractivity contribution in [1.82, 2.24) is 0 Å². The van der Waals surface area contributed by atoms with Crippen molar-refractivity contribution in [2.45, 2.75) is 44.8 Å². The van der Waals surface area contributed by atoms with Gasteiger partial charge in [0.1, 0.15) is 11.6 Å². The lowest BCUT2D eigenvalue weighted by molar-refractivity contribution is -0.139. The quantitative estimate of drug-likeness (QED) is 0.532. The molecular formula is C24H26ClFO4. The number of aliphatic carboxylic acids is 1. The lowest BCUT2D eigenvalue weighted by Gasteiger charge is -2.43. The van der Waals surface area contributed by atoms with Crippen molar-refractivity contribution in [3.05, 3.63) is 76.6 Å². The van der Waals surface area contributed by atoms with Crippen LogP contribution in [0.5, 0.6) is 5.75 Å². The molecule has 1 heterocycles. The Morgan fingerprint density at radius 2 is 2.03 bits per heavy atom. The van der Waals surface area contributed by atoms with Crippen molar-refractivity contribution in [2.24, 2.45) is 5.92 Å². The van der Waals surface area contributed by atoms with Crippen LogP contribution in [-0.4, -0.2) is 23.8 Å². The number of carboxylic acid groups (broad SMARTS) is 1. The van der Waals surface area contributed by atoms with Crippen molar-refractivity contribution in [3.8, 4) is 5.75 Å². The largest absolute Gasteiger partial charge is 0.480 e. The molecule has 0 radical (unpaired) electrons. The van der Waals surface area contributed by atoms with E-state index in [1.807, 2.05) is 25.1 Å².